The molecule has 0 bridgehead atoms. The smallest absolute Gasteiger partial charge is 0.234 e. The molecule has 7 nitrogen and oxygen atoms in total. The molecular formula is C20H22ClN5O2. The summed E-state index contributed by atoms with van der Waals surface area (Å²) in [5.41, 5.74) is 1.57. The number of rotatable bonds is 5. The number of benzene rings is 1. The van der Waals surface area contributed by atoms with Gasteiger partial charge in [0, 0.05) is 30.4 Å². The highest BCUT2D eigenvalue weighted by Gasteiger charge is 2.35. The third kappa shape index (κ3) is 4.10. The fraction of sp³-hybridized carbons (Fsp3) is 0.350. The third-order valence-corrected chi connectivity index (χ3v) is 5.02. The first-order valence-corrected chi connectivity index (χ1v) is 9.47. The van der Waals surface area contributed by atoms with E-state index in [1.165, 1.54) is 0 Å². The molecule has 0 N–H and O–H groups in total. The van der Waals surface area contributed by atoms with Gasteiger partial charge in [0.25, 0.3) is 0 Å². The molecule has 28 heavy (non-hydrogen) atoms. The maximum absolute atomic E-state index is 6.08. The Balaban J connectivity index is 1.47. The predicted molar refractivity (Wildman–Crippen MR) is 107 cm³/mol. The molecule has 0 radical (unpaired) electrons. The van der Waals surface area contributed by atoms with Crippen molar-refractivity contribution >= 4 is 17.4 Å². The van der Waals surface area contributed by atoms with Gasteiger partial charge in [-0.1, -0.05) is 23.7 Å². The van der Waals surface area contributed by atoms with Crippen LogP contribution >= 0.6 is 11.6 Å². The number of ether oxygens (including phenoxy) is 2. The molecule has 1 aliphatic heterocycles. The Hall–Kier alpha value is -2.64. The van der Waals surface area contributed by atoms with E-state index in [0.717, 1.165) is 23.5 Å². The molecule has 0 aliphatic carbocycles. The molecule has 1 saturated heterocycles. The first kappa shape index (κ1) is 18.7. The van der Waals surface area contributed by atoms with Gasteiger partial charge >= 0.3 is 0 Å². The van der Waals surface area contributed by atoms with Crippen LogP contribution in [0.5, 0.6) is 5.88 Å². The summed E-state index contributed by atoms with van der Waals surface area (Å²) in [7, 11) is 1.90. The summed E-state index contributed by atoms with van der Waals surface area (Å²) in [6.07, 6.45) is 7.20. The molecule has 2 aromatic heterocycles. The zero-order chi connectivity index (χ0) is 19.6. The standard InChI is InChI=1S/C20H22ClN5O2/c1-20(16-9-23-25(2)12-16)14-26(6-7-28-20)18-10-22-11-19(24-18)27-13-15-4-3-5-17(21)8-15/h3-5,8-12H,6-7,13-14H2,1-2H3. The van der Waals surface area contributed by atoms with Crippen molar-refractivity contribution in [3.05, 3.63) is 65.2 Å². The lowest BCUT2D eigenvalue weighted by Crippen LogP contribution is -2.48. The fourth-order valence-corrected chi connectivity index (χ4v) is 3.49. The van der Waals surface area contributed by atoms with Crippen molar-refractivity contribution in [2.24, 2.45) is 7.05 Å². The molecule has 1 fully saturated rings. The van der Waals surface area contributed by atoms with E-state index in [2.05, 4.69) is 26.9 Å². The van der Waals surface area contributed by atoms with Crippen LogP contribution in [0.3, 0.4) is 0 Å². The minimum absolute atomic E-state index is 0.384. The van der Waals surface area contributed by atoms with E-state index in [0.29, 0.717) is 30.7 Å². The summed E-state index contributed by atoms with van der Waals surface area (Å²) in [5, 5.41) is 4.95. The summed E-state index contributed by atoms with van der Waals surface area (Å²) in [6.45, 7) is 4.45. The van der Waals surface area contributed by atoms with E-state index in [1.807, 2.05) is 43.7 Å². The third-order valence-electron chi connectivity index (χ3n) is 4.79. The summed E-state index contributed by atoms with van der Waals surface area (Å²) in [6, 6.07) is 7.57. The maximum Gasteiger partial charge on any atom is 0.234 e. The summed E-state index contributed by atoms with van der Waals surface area (Å²) < 4.78 is 13.7. The van der Waals surface area contributed by atoms with Gasteiger partial charge in [0.05, 0.1) is 31.7 Å². The van der Waals surface area contributed by atoms with Gasteiger partial charge in [-0.3, -0.25) is 9.67 Å². The Labute approximate surface area is 168 Å². The highest BCUT2D eigenvalue weighted by atomic mass is 35.5. The number of nitrogens with zero attached hydrogens (tertiary/aromatic N) is 5. The topological polar surface area (TPSA) is 65.3 Å². The quantitative estimate of drug-likeness (QED) is 0.656. The van der Waals surface area contributed by atoms with E-state index in [9.17, 15) is 0 Å². The van der Waals surface area contributed by atoms with Crippen LogP contribution in [0.4, 0.5) is 5.82 Å². The molecular weight excluding hydrogens is 378 g/mol. The van der Waals surface area contributed by atoms with E-state index in [-0.39, 0.29) is 0 Å². The van der Waals surface area contributed by atoms with Crippen molar-refractivity contribution < 1.29 is 9.47 Å². The zero-order valence-corrected chi connectivity index (χ0v) is 16.6. The van der Waals surface area contributed by atoms with Crippen molar-refractivity contribution in [3.8, 4) is 5.88 Å². The van der Waals surface area contributed by atoms with Gasteiger partial charge in [-0.15, -0.1) is 0 Å². The monoisotopic (exact) mass is 399 g/mol. The first-order chi connectivity index (χ1) is 13.5. The summed E-state index contributed by atoms with van der Waals surface area (Å²) in [5.74, 6) is 1.24. The number of aromatic nitrogens is 4. The van der Waals surface area contributed by atoms with Gasteiger partial charge in [0.15, 0.2) is 5.82 Å². The number of morpholine rings is 1. The Morgan fingerprint density at radius 1 is 1.29 bits per heavy atom. The van der Waals surface area contributed by atoms with Crippen LogP contribution in [0, 0.1) is 0 Å². The Morgan fingerprint density at radius 3 is 2.96 bits per heavy atom. The summed E-state index contributed by atoms with van der Waals surface area (Å²) in [4.78, 5) is 11.1. The molecule has 1 atom stereocenters. The van der Waals surface area contributed by atoms with Crippen LogP contribution in [-0.4, -0.2) is 39.4 Å². The number of hydrogen-bond donors (Lipinski definition) is 0. The first-order valence-electron chi connectivity index (χ1n) is 9.09. The Kier molecular flexibility index (Phi) is 5.19. The van der Waals surface area contributed by atoms with Gasteiger partial charge in [0.2, 0.25) is 5.88 Å². The van der Waals surface area contributed by atoms with Gasteiger partial charge < -0.3 is 14.4 Å². The maximum atomic E-state index is 6.08. The summed E-state index contributed by atoms with van der Waals surface area (Å²) >= 11 is 6.02. The number of anilines is 1. The lowest BCUT2D eigenvalue weighted by atomic mass is 9.97. The number of aryl methyl sites for hydroxylation is 1. The van der Waals surface area contributed by atoms with Gasteiger partial charge in [0.1, 0.15) is 12.2 Å². The molecule has 1 aromatic carbocycles. The zero-order valence-electron chi connectivity index (χ0n) is 15.9. The molecule has 1 aliphatic rings. The normalized spacial score (nSPS) is 19.6. The molecule has 3 heterocycles. The second-order valence-electron chi connectivity index (χ2n) is 7.04. The van der Waals surface area contributed by atoms with Crippen molar-refractivity contribution in [2.45, 2.75) is 19.1 Å². The molecule has 146 valence electrons. The van der Waals surface area contributed by atoms with Crippen molar-refractivity contribution in [1.82, 2.24) is 19.7 Å². The minimum Gasteiger partial charge on any atom is -0.472 e. The van der Waals surface area contributed by atoms with Crippen LogP contribution in [-0.2, 0) is 24.0 Å². The second-order valence-corrected chi connectivity index (χ2v) is 7.47. The SMILES string of the molecule is Cn1cc(C2(C)CN(c3cncc(OCc4cccc(Cl)c4)n3)CCO2)cn1. The van der Waals surface area contributed by atoms with Crippen molar-refractivity contribution in [1.29, 1.82) is 0 Å². The molecule has 3 aromatic rings. The fourth-order valence-electron chi connectivity index (χ4n) is 3.28. The molecule has 0 saturated carbocycles. The van der Waals surface area contributed by atoms with E-state index >= 15 is 0 Å². The van der Waals surface area contributed by atoms with Gasteiger partial charge in [-0.05, 0) is 24.6 Å². The average molecular weight is 400 g/mol. The molecule has 1 unspecified atom stereocenters. The van der Waals surface area contributed by atoms with Crippen LogP contribution < -0.4 is 9.64 Å². The van der Waals surface area contributed by atoms with Crippen LogP contribution in [0.25, 0.3) is 0 Å². The van der Waals surface area contributed by atoms with Gasteiger partial charge in [-0.25, -0.2) is 0 Å². The van der Waals surface area contributed by atoms with Crippen LogP contribution in [0.2, 0.25) is 5.02 Å². The molecule has 4 rings (SSSR count). The predicted octanol–water partition coefficient (Wildman–Crippen LogP) is 3.19. The average Bonchev–Trinajstić information content (AvgIpc) is 3.14. The number of halogens is 1. The molecule has 0 amide bonds. The highest BCUT2D eigenvalue weighted by Crippen LogP contribution is 2.31. The Morgan fingerprint density at radius 2 is 2.18 bits per heavy atom. The highest BCUT2D eigenvalue weighted by molar-refractivity contribution is 6.30. The van der Waals surface area contributed by atoms with Crippen molar-refractivity contribution in [2.75, 3.05) is 24.6 Å². The molecule has 8 heteroatoms. The van der Waals surface area contributed by atoms with E-state index < -0.39 is 5.60 Å². The lowest BCUT2D eigenvalue weighted by Gasteiger charge is -2.40. The largest absolute Gasteiger partial charge is 0.472 e. The minimum atomic E-state index is -0.453. The van der Waals surface area contributed by atoms with Crippen LogP contribution in [0.15, 0.2) is 49.1 Å². The van der Waals surface area contributed by atoms with E-state index in [1.54, 1.807) is 17.1 Å². The van der Waals surface area contributed by atoms with E-state index in [4.69, 9.17) is 21.1 Å². The number of hydrogen-bond acceptors (Lipinski definition) is 6. The van der Waals surface area contributed by atoms with Crippen LogP contribution in [0.1, 0.15) is 18.1 Å². The van der Waals surface area contributed by atoms with Gasteiger partial charge in [-0.2, -0.15) is 10.1 Å². The lowest BCUT2D eigenvalue weighted by molar-refractivity contribution is -0.0468. The second kappa shape index (κ2) is 7.77. The molecule has 0 spiro atoms. The van der Waals surface area contributed by atoms with Crippen molar-refractivity contribution in [3.63, 3.8) is 0 Å². The Bertz CT molecular complexity index is 963.